The first-order valence-electron chi connectivity index (χ1n) is 9.91. The van der Waals surface area contributed by atoms with Crippen molar-refractivity contribution in [1.29, 1.82) is 0 Å². The van der Waals surface area contributed by atoms with E-state index < -0.39 is 14.6 Å². The lowest BCUT2D eigenvalue weighted by Gasteiger charge is -2.14. The lowest BCUT2D eigenvalue weighted by molar-refractivity contribution is -0.712. The normalized spacial score (nSPS) is 13.1. The van der Waals surface area contributed by atoms with Crippen molar-refractivity contribution >= 4 is 13.6 Å². The van der Waals surface area contributed by atoms with Crippen LogP contribution in [0.2, 0.25) is 0 Å². The van der Waals surface area contributed by atoms with Gasteiger partial charge >= 0.3 is 0 Å². The summed E-state index contributed by atoms with van der Waals surface area (Å²) in [6.45, 7) is -0.451. The van der Waals surface area contributed by atoms with E-state index in [0.717, 1.165) is 17.7 Å². The summed E-state index contributed by atoms with van der Waals surface area (Å²) in [5.41, 5.74) is 11.0. The van der Waals surface area contributed by atoms with Gasteiger partial charge in [-0.3, -0.25) is 14.8 Å². The summed E-state index contributed by atoms with van der Waals surface area (Å²) >= 11 is 0. The van der Waals surface area contributed by atoms with Crippen LogP contribution >= 0.6 is 7.82 Å². The second-order valence-electron chi connectivity index (χ2n) is 7.34. The summed E-state index contributed by atoms with van der Waals surface area (Å²) in [5, 5.41) is 4.13. The fourth-order valence-electron chi connectivity index (χ4n) is 3.36. The summed E-state index contributed by atoms with van der Waals surface area (Å²) in [7, 11) is -4.86. The van der Waals surface area contributed by atoms with E-state index >= 15 is 0 Å². The average Bonchev–Trinajstić information content (AvgIpc) is 3.23. The highest BCUT2D eigenvalue weighted by Crippen LogP contribution is 2.30. The van der Waals surface area contributed by atoms with Crippen molar-refractivity contribution in [2.75, 3.05) is 5.73 Å². The van der Waals surface area contributed by atoms with Crippen molar-refractivity contribution in [2.45, 2.75) is 19.6 Å². The molecule has 0 spiro atoms. The molecule has 4 aromatic rings. The van der Waals surface area contributed by atoms with Crippen LogP contribution in [0.3, 0.4) is 0 Å². The van der Waals surface area contributed by atoms with Crippen LogP contribution < -0.4 is 15.2 Å². The molecule has 1 atom stereocenters. The summed E-state index contributed by atoms with van der Waals surface area (Å²) in [4.78, 5) is 19.6. The molecule has 32 heavy (non-hydrogen) atoms. The Balaban J connectivity index is 1.45. The van der Waals surface area contributed by atoms with E-state index in [1.54, 1.807) is 18.2 Å². The topological polar surface area (TPSA) is 126 Å². The van der Waals surface area contributed by atoms with Crippen molar-refractivity contribution in [2.24, 2.45) is 0 Å². The van der Waals surface area contributed by atoms with Crippen molar-refractivity contribution in [3.8, 4) is 11.3 Å². The van der Waals surface area contributed by atoms with Gasteiger partial charge in [-0.15, -0.1) is 0 Å². The number of benzene rings is 2. The fraction of sp³-hybridized carbons (Fsp3) is 0.130. The predicted octanol–water partition coefficient (Wildman–Crippen LogP) is 2.83. The molecule has 164 valence electrons. The van der Waals surface area contributed by atoms with E-state index in [4.69, 9.17) is 15.2 Å². The lowest BCUT2D eigenvalue weighted by Crippen LogP contribution is -2.38. The highest BCUT2D eigenvalue weighted by atomic mass is 31.2. The standard InChI is InChI=1S/C23H22N3O5P/c24-23-21(7-4-12-26(23)16-30-32(27,28)29)22-15-20(25-31-22)14-19-10-8-18(9-11-19)13-17-5-2-1-3-6-17/h1-12,15,24H,13-14,16H2,(H2,27,28,29). The summed E-state index contributed by atoms with van der Waals surface area (Å²) in [6.07, 6.45) is 3.00. The molecule has 0 bridgehead atoms. The van der Waals surface area contributed by atoms with E-state index in [2.05, 4.69) is 46.1 Å². The minimum atomic E-state index is -4.86. The average molecular weight is 451 g/mol. The summed E-state index contributed by atoms with van der Waals surface area (Å²) in [5.74, 6) is 0.663. The highest BCUT2D eigenvalue weighted by molar-refractivity contribution is 7.44. The second kappa shape index (κ2) is 9.46. The van der Waals surface area contributed by atoms with Crippen molar-refractivity contribution < 1.29 is 28.0 Å². The zero-order valence-electron chi connectivity index (χ0n) is 17.1. The van der Waals surface area contributed by atoms with E-state index in [1.807, 2.05) is 18.2 Å². The van der Waals surface area contributed by atoms with Crippen LogP contribution in [0.4, 0.5) is 5.82 Å². The number of nitrogen functional groups attached to an aromatic ring is 1. The van der Waals surface area contributed by atoms with Gasteiger partial charge in [0.15, 0.2) is 12.5 Å². The molecule has 3 N–H and O–H groups in total. The Morgan fingerprint density at radius 2 is 1.66 bits per heavy atom. The number of nitrogens with zero attached hydrogens (tertiary/aromatic N) is 2. The van der Waals surface area contributed by atoms with Gasteiger partial charge < -0.3 is 14.3 Å². The maximum absolute atomic E-state index is 10.8. The molecule has 2 aromatic heterocycles. The molecule has 8 nitrogen and oxygen atoms in total. The number of anilines is 1. The maximum Gasteiger partial charge on any atom is 0.285 e. The smallest absolute Gasteiger partial charge is 0.285 e. The van der Waals surface area contributed by atoms with Crippen LogP contribution in [0.1, 0.15) is 22.4 Å². The molecule has 2 heterocycles. The number of hydrogen-bond acceptors (Lipinski definition) is 6. The van der Waals surface area contributed by atoms with E-state index in [9.17, 15) is 9.46 Å². The number of nitrogens with two attached hydrogens (primary N) is 1. The number of phosphoric acid groups is 1. The van der Waals surface area contributed by atoms with Crippen molar-refractivity contribution in [1.82, 2.24) is 5.16 Å². The molecular formula is C23H22N3O5P. The Morgan fingerprint density at radius 1 is 1.00 bits per heavy atom. The number of phosphoric ester groups is 1. The Bertz CT molecular complexity index is 1240. The van der Waals surface area contributed by atoms with Gasteiger partial charge in [0.25, 0.3) is 13.6 Å². The first kappa shape index (κ1) is 21.9. The predicted molar refractivity (Wildman–Crippen MR) is 116 cm³/mol. The Labute approximate surface area is 185 Å². The Kier molecular flexibility index (Phi) is 6.48. The van der Waals surface area contributed by atoms with Crippen molar-refractivity contribution in [3.05, 3.63) is 101 Å². The lowest BCUT2D eigenvalue weighted by atomic mass is 10.0. The third-order valence-electron chi connectivity index (χ3n) is 4.96. The van der Waals surface area contributed by atoms with Gasteiger partial charge in [-0.25, -0.2) is 4.57 Å². The first-order valence-corrected chi connectivity index (χ1v) is 11.4. The molecule has 0 aliphatic rings. The van der Waals surface area contributed by atoms with Crippen LogP contribution in [0, 0.1) is 0 Å². The molecule has 0 amide bonds. The van der Waals surface area contributed by atoms with Gasteiger partial charge in [0.05, 0.1) is 11.9 Å². The third kappa shape index (κ3) is 5.69. The van der Waals surface area contributed by atoms with Gasteiger partial charge in [0.1, 0.15) is 5.56 Å². The monoisotopic (exact) mass is 451 g/mol. The highest BCUT2D eigenvalue weighted by Gasteiger charge is 2.18. The van der Waals surface area contributed by atoms with E-state index in [1.165, 1.54) is 21.9 Å². The largest absolute Gasteiger partial charge is 0.756 e. The van der Waals surface area contributed by atoms with E-state index in [-0.39, 0.29) is 5.82 Å². The number of rotatable bonds is 8. The van der Waals surface area contributed by atoms with Crippen LogP contribution in [0.5, 0.6) is 0 Å². The van der Waals surface area contributed by atoms with Crippen LogP contribution in [0.15, 0.2) is 83.5 Å². The van der Waals surface area contributed by atoms with Crippen LogP contribution in [-0.4, -0.2) is 10.1 Å². The molecule has 0 aliphatic carbocycles. The molecule has 4 rings (SSSR count). The summed E-state index contributed by atoms with van der Waals surface area (Å²) in [6, 6.07) is 23.8. The molecule has 2 aromatic carbocycles. The molecule has 0 radical (unpaired) electrons. The quantitative estimate of drug-likeness (QED) is 0.312. The van der Waals surface area contributed by atoms with Crippen molar-refractivity contribution in [3.63, 3.8) is 0 Å². The SMILES string of the molecule is Nc1c(-c2cc(Cc3ccc(Cc4ccccc4)cc3)no2)ccc[n+]1COP(=O)([O-])O. The molecule has 0 saturated heterocycles. The molecule has 9 heteroatoms. The first-order chi connectivity index (χ1) is 15.4. The molecule has 0 fully saturated rings. The van der Waals surface area contributed by atoms with Gasteiger partial charge in [-0.05, 0) is 35.2 Å². The fourth-order valence-corrected chi connectivity index (χ4v) is 3.63. The summed E-state index contributed by atoms with van der Waals surface area (Å²) < 4.78 is 22.0. The van der Waals surface area contributed by atoms with Crippen LogP contribution in [0.25, 0.3) is 11.3 Å². The van der Waals surface area contributed by atoms with Gasteiger partial charge in [0, 0.05) is 12.5 Å². The zero-order valence-corrected chi connectivity index (χ0v) is 18.0. The molecule has 0 aliphatic heterocycles. The molecule has 0 saturated carbocycles. The second-order valence-corrected chi connectivity index (χ2v) is 8.54. The van der Waals surface area contributed by atoms with Gasteiger partial charge in [-0.2, -0.15) is 0 Å². The minimum Gasteiger partial charge on any atom is -0.756 e. The van der Waals surface area contributed by atoms with Gasteiger partial charge in [0.2, 0.25) is 0 Å². The van der Waals surface area contributed by atoms with E-state index in [0.29, 0.717) is 17.7 Å². The number of aromatic nitrogens is 2. The molecular weight excluding hydrogens is 429 g/mol. The van der Waals surface area contributed by atoms with Gasteiger partial charge in [-0.1, -0.05) is 59.8 Å². The van der Waals surface area contributed by atoms with Crippen LogP contribution in [-0.2, 0) is 28.7 Å². The zero-order chi connectivity index (χ0) is 22.6. The number of pyridine rings is 1. The third-order valence-corrected chi connectivity index (χ3v) is 5.40. The minimum absolute atomic E-state index is 0.217. The number of hydrogen-bond donors (Lipinski definition) is 2. The Hall–Kier alpha value is -3.29. The maximum atomic E-state index is 10.8. The molecule has 1 unspecified atom stereocenters. The Morgan fingerprint density at radius 3 is 2.34 bits per heavy atom.